The smallest absolute Gasteiger partial charge is 0.404 e. The van der Waals surface area contributed by atoms with Crippen molar-refractivity contribution in [1.82, 2.24) is 0 Å². The monoisotopic (exact) mass is 405 g/mol. The number of phenols is 1. The number of hydrogen-bond acceptors (Lipinski definition) is 4. The molecule has 0 spiro atoms. The maximum atomic E-state index is 11.1. The average molecular weight is 406 g/mol. The molecule has 2 aromatic rings. The summed E-state index contributed by atoms with van der Waals surface area (Å²) in [5, 5.41) is 21.3. The van der Waals surface area contributed by atoms with Crippen LogP contribution in [0.3, 0.4) is 0 Å². The molecule has 0 aromatic heterocycles. The maximum absolute atomic E-state index is 11.1. The summed E-state index contributed by atoms with van der Waals surface area (Å²) in [5.74, 6) is 0.162. The van der Waals surface area contributed by atoms with Crippen LogP contribution in [0.1, 0.15) is 50.8 Å². The van der Waals surface area contributed by atoms with E-state index in [4.69, 9.17) is 22.1 Å². The average Bonchev–Trinajstić information content (AvgIpc) is 2.60. The second kappa shape index (κ2) is 8.84. The van der Waals surface area contributed by atoms with E-state index in [1.807, 2.05) is 18.2 Å². The summed E-state index contributed by atoms with van der Waals surface area (Å²) in [6, 6.07) is 14.1. The van der Waals surface area contributed by atoms with E-state index in [2.05, 4.69) is 20.8 Å². The third kappa shape index (κ3) is 5.18. The van der Waals surface area contributed by atoms with Crippen LogP contribution in [0.25, 0.3) is 0 Å². The van der Waals surface area contributed by atoms with Crippen LogP contribution in [0.15, 0.2) is 48.5 Å². The molecular formula is C22H28ClNO4. The van der Waals surface area contributed by atoms with Gasteiger partial charge in [-0.2, -0.15) is 0 Å². The number of amides is 1. The molecule has 4 N–H and O–H groups in total. The number of aromatic hydroxyl groups is 1. The van der Waals surface area contributed by atoms with Crippen molar-refractivity contribution in [2.75, 3.05) is 6.61 Å². The minimum atomic E-state index is -0.830. The van der Waals surface area contributed by atoms with Crippen molar-refractivity contribution in [3.05, 3.63) is 64.7 Å². The lowest BCUT2D eigenvalue weighted by molar-refractivity contribution is 0.0508. The van der Waals surface area contributed by atoms with E-state index in [9.17, 15) is 15.0 Å². The van der Waals surface area contributed by atoms with Gasteiger partial charge in [-0.05, 0) is 53.6 Å². The van der Waals surface area contributed by atoms with Gasteiger partial charge < -0.3 is 20.7 Å². The lowest BCUT2D eigenvalue weighted by atomic mass is 9.58. The molecule has 0 saturated carbocycles. The normalized spacial score (nSPS) is 14.9. The largest absolute Gasteiger partial charge is 0.508 e. The van der Waals surface area contributed by atoms with Gasteiger partial charge >= 0.3 is 6.09 Å². The van der Waals surface area contributed by atoms with Crippen LogP contribution in [0.2, 0.25) is 5.02 Å². The first kappa shape index (κ1) is 22.1. The molecule has 1 unspecified atom stereocenters. The van der Waals surface area contributed by atoms with Crippen molar-refractivity contribution in [2.24, 2.45) is 11.1 Å². The van der Waals surface area contributed by atoms with Crippen LogP contribution in [0, 0.1) is 5.41 Å². The van der Waals surface area contributed by atoms with Crippen molar-refractivity contribution >= 4 is 17.7 Å². The first-order chi connectivity index (χ1) is 13.0. The summed E-state index contributed by atoms with van der Waals surface area (Å²) < 4.78 is 5.03. The van der Waals surface area contributed by atoms with E-state index in [1.54, 1.807) is 30.3 Å². The molecular weight excluding hydrogens is 378 g/mol. The number of carbonyl (C=O) groups excluding carboxylic acids is 1. The minimum Gasteiger partial charge on any atom is -0.508 e. The Morgan fingerprint density at radius 3 is 2.36 bits per heavy atom. The quantitative estimate of drug-likeness (QED) is 0.608. The standard InChI is InChI=1S/C22H28ClNO4/c1-21(2,3)22(11-12-28-20(24)27,16-7-9-18(25)10-8-16)14-19(26)15-5-4-6-17(23)13-15/h4-10,13,19,25-26H,11-12,14H2,1-3H3,(H2,24,27)/t19-,22?/m1/s1. The van der Waals surface area contributed by atoms with Crippen molar-refractivity contribution in [1.29, 1.82) is 0 Å². The Morgan fingerprint density at radius 2 is 1.82 bits per heavy atom. The molecule has 0 radical (unpaired) electrons. The van der Waals surface area contributed by atoms with Gasteiger partial charge in [0.25, 0.3) is 0 Å². The predicted octanol–water partition coefficient (Wildman–Crippen LogP) is 4.94. The number of nitrogens with two attached hydrogens (primary N) is 1. The molecule has 0 aliphatic rings. The van der Waals surface area contributed by atoms with Crippen LogP contribution in [0.5, 0.6) is 5.75 Å². The summed E-state index contributed by atoms with van der Waals surface area (Å²) in [5.41, 5.74) is 5.94. The van der Waals surface area contributed by atoms with Crippen LogP contribution >= 0.6 is 11.6 Å². The number of hydrogen-bond donors (Lipinski definition) is 3. The number of primary amides is 1. The molecule has 2 atom stereocenters. The van der Waals surface area contributed by atoms with Crippen molar-refractivity contribution in [2.45, 2.75) is 45.1 Å². The fourth-order valence-electron chi connectivity index (χ4n) is 3.75. The highest BCUT2D eigenvalue weighted by Crippen LogP contribution is 2.50. The third-order valence-electron chi connectivity index (χ3n) is 5.40. The molecule has 0 saturated heterocycles. The molecule has 1 amide bonds. The summed E-state index contributed by atoms with van der Waals surface area (Å²) in [6.07, 6.45) is -0.768. The highest BCUT2D eigenvalue weighted by atomic mass is 35.5. The molecule has 0 heterocycles. The number of rotatable bonds is 7. The van der Waals surface area contributed by atoms with Gasteiger partial charge in [0.2, 0.25) is 0 Å². The van der Waals surface area contributed by atoms with Crippen LogP contribution in [-0.4, -0.2) is 22.9 Å². The fourth-order valence-corrected chi connectivity index (χ4v) is 3.95. The van der Waals surface area contributed by atoms with Gasteiger partial charge in [-0.25, -0.2) is 4.79 Å². The molecule has 6 heteroatoms. The Labute approximate surface area is 171 Å². The summed E-state index contributed by atoms with van der Waals surface area (Å²) in [6.45, 7) is 6.36. The van der Waals surface area contributed by atoms with Crippen molar-refractivity contribution in [3.63, 3.8) is 0 Å². The van der Waals surface area contributed by atoms with E-state index >= 15 is 0 Å². The topological polar surface area (TPSA) is 92.8 Å². The first-order valence-corrected chi connectivity index (χ1v) is 9.58. The predicted molar refractivity (Wildman–Crippen MR) is 110 cm³/mol. The van der Waals surface area contributed by atoms with E-state index in [0.29, 0.717) is 17.9 Å². The van der Waals surface area contributed by atoms with Crippen molar-refractivity contribution in [3.8, 4) is 5.75 Å². The van der Waals surface area contributed by atoms with Crippen LogP contribution in [-0.2, 0) is 10.2 Å². The molecule has 0 bridgehead atoms. The number of phenolic OH excluding ortho intramolecular Hbond substituents is 1. The zero-order valence-corrected chi connectivity index (χ0v) is 17.2. The van der Waals surface area contributed by atoms with E-state index in [0.717, 1.165) is 11.1 Å². The highest BCUT2D eigenvalue weighted by molar-refractivity contribution is 6.30. The van der Waals surface area contributed by atoms with Gasteiger partial charge in [-0.3, -0.25) is 0 Å². The Bertz CT molecular complexity index is 801. The van der Waals surface area contributed by atoms with E-state index in [1.165, 1.54) is 0 Å². The first-order valence-electron chi connectivity index (χ1n) is 9.20. The summed E-state index contributed by atoms with van der Waals surface area (Å²) in [4.78, 5) is 11.1. The molecule has 0 fully saturated rings. The number of carbonyl (C=O) groups is 1. The molecule has 2 aromatic carbocycles. The SMILES string of the molecule is CC(C)(C)C(CCOC(N)=O)(C[C@@H](O)c1cccc(Cl)c1)c1ccc(O)cc1. The van der Waals surface area contributed by atoms with Crippen LogP contribution < -0.4 is 5.73 Å². The van der Waals surface area contributed by atoms with Crippen molar-refractivity contribution < 1.29 is 19.7 Å². The summed E-state index contributed by atoms with van der Waals surface area (Å²) >= 11 is 6.09. The van der Waals surface area contributed by atoms with Gasteiger partial charge in [-0.15, -0.1) is 0 Å². The maximum Gasteiger partial charge on any atom is 0.404 e. The highest BCUT2D eigenvalue weighted by Gasteiger charge is 2.44. The van der Waals surface area contributed by atoms with Gasteiger partial charge in [0.1, 0.15) is 5.75 Å². The molecule has 28 heavy (non-hydrogen) atoms. The summed E-state index contributed by atoms with van der Waals surface area (Å²) in [7, 11) is 0. The molecule has 2 rings (SSSR count). The molecule has 0 aliphatic heterocycles. The van der Waals surface area contributed by atoms with Crippen LogP contribution in [0.4, 0.5) is 4.79 Å². The Kier molecular flexibility index (Phi) is 6.96. The number of benzene rings is 2. The number of ether oxygens (including phenoxy) is 1. The lowest BCUT2D eigenvalue weighted by Gasteiger charge is -2.47. The Morgan fingerprint density at radius 1 is 1.18 bits per heavy atom. The number of aliphatic hydroxyl groups excluding tert-OH is 1. The van der Waals surface area contributed by atoms with Gasteiger partial charge in [-0.1, -0.05) is 56.6 Å². The molecule has 152 valence electrons. The minimum absolute atomic E-state index is 0.121. The zero-order chi connectivity index (χ0) is 20.9. The third-order valence-corrected chi connectivity index (χ3v) is 5.64. The number of halogens is 1. The van der Waals surface area contributed by atoms with E-state index < -0.39 is 17.6 Å². The van der Waals surface area contributed by atoms with Gasteiger partial charge in [0.05, 0.1) is 12.7 Å². The number of aliphatic hydroxyl groups is 1. The lowest BCUT2D eigenvalue weighted by Crippen LogP contribution is -2.43. The van der Waals surface area contributed by atoms with Gasteiger partial charge in [0, 0.05) is 10.4 Å². The Balaban J connectivity index is 2.48. The second-order valence-electron chi connectivity index (χ2n) is 8.07. The van der Waals surface area contributed by atoms with Gasteiger partial charge in [0.15, 0.2) is 0 Å². The Hall–Kier alpha value is -2.24. The second-order valence-corrected chi connectivity index (χ2v) is 8.51. The molecule has 0 aliphatic carbocycles. The molecule has 5 nitrogen and oxygen atoms in total. The van der Waals surface area contributed by atoms with E-state index in [-0.39, 0.29) is 17.8 Å². The zero-order valence-electron chi connectivity index (χ0n) is 16.5. The fraction of sp³-hybridized carbons (Fsp3) is 0.409.